The first-order valence-corrected chi connectivity index (χ1v) is 5.19. The lowest BCUT2D eigenvalue weighted by Gasteiger charge is -2.23. The minimum absolute atomic E-state index is 0.0748. The molecule has 0 spiro atoms. The van der Waals surface area contributed by atoms with Gasteiger partial charge < -0.3 is 10.0 Å². The number of nitrogens with zero attached hydrogens (tertiary/aromatic N) is 2. The standard InChI is InChI=1S/C11H20N2O3/c1-5-13(6-9(2)3)10(14)7-12(4)8-11(15)16/h2,5-8H2,1,3-4H3,(H,15,16). The average Bonchev–Trinajstić information content (AvgIpc) is 2.11. The van der Waals surface area contributed by atoms with Crippen molar-refractivity contribution in [3.63, 3.8) is 0 Å². The van der Waals surface area contributed by atoms with Crippen LogP contribution in [0.25, 0.3) is 0 Å². The molecule has 0 aromatic heterocycles. The molecule has 0 saturated heterocycles. The van der Waals surface area contributed by atoms with E-state index in [1.54, 1.807) is 11.9 Å². The van der Waals surface area contributed by atoms with Crippen molar-refractivity contribution in [2.45, 2.75) is 13.8 Å². The van der Waals surface area contributed by atoms with Gasteiger partial charge in [-0.15, -0.1) is 0 Å². The zero-order valence-corrected chi connectivity index (χ0v) is 10.2. The van der Waals surface area contributed by atoms with Gasteiger partial charge in [-0.3, -0.25) is 14.5 Å². The molecule has 5 heteroatoms. The summed E-state index contributed by atoms with van der Waals surface area (Å²) in [5.41, 5.74) is 0.913. The molecule has 16 heavy (non-hydrogen) atoms. The molecule has 0 rings (SSSR count). The summed E-state index contributed by atoms with van der Waals surface area (Å²) >= 11 is 0. The number of carbonyl (C=O) groups is 2. The third-order valence-corrected chi connectivity index (χ3v) is 2.01. The monoisotopic (exact) mass is 228 g/mol. The van der Waals surface area contributed by atoms with Crippen LogP contribution in [0.5, 0.6) is 0 Å². The van der Waals surface area contributed by atoms with E-state index in [2.05, 4.69) is 6.58 Å². The van der Waals surface area contributed by atoms with Crippen LogP contribution in [0, 0.1) is 0 Å². The molecule has 0 fully saturated rings. The molecular weight excluding hydrogens is 208 g/mol. The van der Waals surface area contributed by atoms with Gasteiger partial charge in [0, 0.05) is 13.1 Å². The van der Waals surface area contributed by atoms with Crippen molar-refractivity contribution in [1.29, 1.82) is 0 Å². The highest BCUT2D eigenvalue weighted by Crippen LogP contribution is 1.97. The first kappa shape index (κ1) is 14.6. The fourth-order valence-electron chi connectivity index (χ4n) is 1.32. The van der Waals surface area contributed by atoms with Gasteiger partial charge in [0.05, 0.1) is 13.1 Å². The number of carbonyl (C=O) groups excluding carboxylic acids is 1. The molecule has 0 unspecified atom stereocenters. The second-order valence-corrected chi connectivity index (χ2v) is 3.93. The number of hydrogen-bond donors (Lipinski definition) is 1. The SMILES string of the molecule is C=C(C)CN(CC)C(=O)CN(C)CC(=O)O. The summed E-state index contributed by atoms with van der Waals surface area (Å²) in [5, 5.41) is 8.56. The van der Waals surface area contributed by atoms with Crippen molar-refractivity contribution in [1.82, 2.24) is 9.80 Å². The number of amides is 1. The zero-order valence-electron chi connectivity index (χ0n) is 10.2. The normalized spacial score (nSPS) is 10.2. The van der Waals surface area contributed by atoms with E-state index in [9.17, 15) is 9.59 Å². The molecule has 0 aliphatic heterocycles. The van der Waals surface area contributed by atoms with Gasteiger partial charge in [-0.25, -0.2) is 0 Å². The van der Waals surface area contributed by atoms with E-state index in [0.29, 0.717) is 13.1 Å². The lowest BCUT2D eigenvalue weighted by Crippen LogP contribution is -2.41. The van der Waals surface area contributed by atoms with E-state index < -0.39 is 5.97 Å². The van der Waals surface area contributed by atoms with Crippen LogP contribution in [0.3, 0.4) is 0 Å². The maximum absolute atomic E-state index is 11.8. The Kier molecular flexibility index (Phi) is 6.41. The second kappa shape index (κ2) is 7.00. The fraction of sp³-hybridized carbons (Fsp3) is 0.636. The highest BCUT2D eigenvalue weighted by Gasteiger charge is 2.15. The molecule has 92 valence electrons. The Bertz CT molecular complexity index is 276. The smallest absolute Gasteiger partial charge is 0.317 e. The molecule has 0 aliphatic carbocycles. The van der Waals surface area contributed by atoms with Crippen LogP contribution in [-0.4, -0.2) is 60.0 Å². The second-order valence-electron chi connectivity index (χ2n) is 3.93. The van der Waals surface area contributed by atoms with Gasteiger partial charge in [0.1, 0.15) is 0 Å². The molecule has 0 aliphatic rings. The van der Waals surface area contributed by atoms with Gasteiger partial charge >= 0.3 is 5.97 Å². The number of carboxylic acids is 1. The molecule has 0 atom stereocenters. The van der Waals surface area contributed by atoms with Crippen molar-refractivity contribution in [2.24, 2.45) is 0 Å². The van der Waals surface area contributed by atoms with E-state index in [-0.39, 0.29) is 19.0 Å². The van der Waals surface area contributed by atoms with E-state index in [0.717, 1.165) is 5.57 Å². The number of carboxylic acid groups (broad SMARTS) is 1. The molecule has 0 heterocycles. The number of likely N-dealkylation sites (N-methyl/N-ethyl adjacent to an activating group) is 2. The molecular formula is C11H20N2O3. The lowest BCUT2D eigenvalue weighted by atomic mass is 10.3. The van der Waals surface area contributed by atoms with Crippen LogP contribution in [0.4, 0.5) is 0 Å². The summed E-state index contributed by atoms with van der Waals surface area (Å²) < 4.78 is 0. The minimum Gasteiger partial charge on any atom is -0.480 e. The Labute approximate surface area is 96.3 Å². The van der Waals surface area contributed by atoms with Gasteiger partial charge in [0.25, 0.3) is 0 Å². The van der Waals surface area contributed by atoms with Gasteiger partial charge in [-0.2, -0.15) is 0 Å². The van der Waals surface area contributed by atoms with Crippen LogP contribution in [0.2, 0.25) is 0 Å². The molecule has 0 bridgehead atoms. The molecule has 5 nitrogen and oxygen atoms in total. The summed E-state index contributed by atoms with van der Waals surface area (Å²) in [6.45, 7) is 8.61. The molecule has 1 amide bonds. The predicted molar refractivity (Wildman–Crippen MR) is 62.2 cm³/mol. The Morgan fingerprint density at radius 2 is 1.81 bits per heavy atom. The van der Waals surface area contributed by atoms with Gasteiger partial charge in [-0.1, -0.05) is 12.2 Å². The number of hydrogen-bond acceptors (Lipinski definition) is 3. The summed E-state index contributed by atoms with van der Waals surface area (Å²) in [5.74, 6) is -1.01. The van der Waals surface area contributed by atoms with Crippen molar-refractivity contribution < 1.29 is 14.7 Å². The first-order chi connectivity index (χ1) is 7.36. The molecule has 0 aromatic rings. The maximum Gasteiger partial charge on any atom is 0.317 e. The van der Waals surface area contributed by atoms with E-state index >= 15 is 0 Å². The van der Waals surface area contributed by atoms with Crippen LogP contribution in [0.1, 0.15) is 13.8 Å². The largest absolute Gasteiger partial charge is 0.480 e. The van der Waals surface area contributed by atoms with Crippen LogP contribution in [-0.2, 0) is 9.59 Å². The molecule has 0 aromatic carbocycles. The van der Waals surface area contributed by atoms with Crippen LogP contribution >= 0.6 is 0 Å². The lowest BCUT2D eigenvalue weighted by molar-refractivity contribution is -0.139. The Morgan fingerprint density at radius 1 is 1.25 bits per heavy atom. The molecule has 0 radical (unpaired) electrons. The van der Waals surface area contributed by atoms with E-state index in [1.165, 1.54) is 4.90 Å². The summed E-state index contributed by atoms with van der Waals surface area (Å²) in [6, 6.07) is 0. The Balaban J connectivity index is 4.20. The third-order valence-electron chi connectivity index (χ3n) is 2.01. The average molecular weight is 228 g/mol. The number of aliphatic carboxylic acids is 1. The van der Waals surface area contributed by atoms with Crippen molar-refractivity contribution in [3.05, 3.63) is 12.2 Å². The fourth-order valence-corrected chi connectivity index (χ4v) is 1.32. The van der Waals surface area contributed by atoms with Gasteiger partial charge in [-0.05, 0) is 20.9 Å². The Morgan fingerprint density at radius 3 is 2.19 bits per heavy atom. The summed E-state index contributed by atoms with van der Waals surface area (Å²) in [4.78, 5) is 25.3. The highest BCUT2D eigenvalue weighted by atomic mass is 16.4. The topological polar surface area (TPSA) is 60.9 Å². The van der Waals surface area contributed by atoms with Crippen LogP contribution < -0.4 is 0 Å². The number of rotatable bonds is 7. The van der Waals surface area contributed by atoms with Gasteiger partial charge in [0.2, 0.25) is 5.91 Å². The van der Waals surface area contributed by atoms with Crippen molar-refractivity contribution >= 4 is 11.9 Å². The first-order valence-electron chi connectivity index (χ1n) is 5.19. The van der Waals surface area contributed by atoms with E-state index in [4.69, 9.17) is 5.11 Å². The highest BCUT2D eigenvalue weighted by molar-refractivity contribution is 5.79. The molecule has 1 N–H and O–H groups in total. The summed E-state index contributed by atoms with van der Waals surface area (Å²) in [7, 11) is 1.61. The van der Waals surface area contributed by atoms with Crippen LogP contribution in [0.15, 0.2) is 12.2 Å². The minimum atomic E-state index is -0.932. The maximum atomic E-state index is 11.8. The van der Waals surface area contributed by atoms with Crippen molar-refractivity contribution in [2.75, 3.05) is 33.2 Å². The van der Waals surface area contributed by atoms with Gasteiger partial charge in [0.15, 0.2) is 0 Å². The quantitative estimate of drug-likeness (QED) is 0.642. The van der Waals surface area contributed by atoms with Crippen molar-refractivity contribution in [3.8, 4) is 0 Å². The predicted octanol–water partition coefficient (Wildman–Crippen LogP) is 0.427. The summed E-state index contributed by atoms with van der Waals surface area (Å²) in [6.07, 6.45) is 0. The zero-order chi connectivity index (χ0) is 12.7. The molecule has 0 saturated carbocycles. The Hall–Kier alpha value is -1.36. The third kappa shape index (κ3) is 6.19. The van der Waals surface area contributed by atoms with E-state index in [1.807, 2.05) is 13.8 Å².